The topological polar surface area (TPSA) is 35.6 Å². The summed E-state index contributed by atoms with van der Waals surface area (Å²) in [6, 6.07) is 84.5. The Labute approximate surface area is 401 Å². The largest absolute Gasteiger partial charge is 0.309 e. The van der Waals surface area contributed by atoms with Crippen LogP contribution < -0.4 is 0 Å². The highest BCUT2D eigenvalue weighted by Crippen LogP contribution is 2.49. The Morgan fingerprint density at radius 2 is 0.814 bits per heavy atom. The second-order valence-corrected chi connectivity index (χ2v) is 18.8. The highest BCUT2D eigenvalue weighted by Gasteiger charge is 2.25. The van der Waals surface area contributed by atoms with Crippen molar-refractivity contribution in [3.63, 3.8) is 0 Å². The van der Waals surface area contributed by atoms with E-state index in [0.29, 0.717) is 0 Å². The molecule has 0 atom stereocenters. The minimum atomic E-state index is 0.727. The lowest BCUT2D eigenvalue weighted by atomic mass is 9.96. The van der Waals surface area contributed by atoms with Gasteiger partial charge in [0, 0.05) is 49.1 Å². The normalized spacial score (nSPS) is 12.3. The highest BCUT2D eigenvalue weighted by molar-refractivity contribution is 6.20. The first-order chi connectivity index (χ1) is 34.7. The quantitative estimate of drug-likeness (QED) is 0.176. The molecule has 3 aromatic heterocycles. The van der Waals surface area contributed by atoms with Crippen molar-refractivity contribution in [2.24, 2.45) is 0 Å². The zero-order valence-electron chi connectivity index (χ0n) is 37.7. The molecular formula is C66H38N4. The number of para-hydroxylation sites is 3. The predicted molar refractivity (Wildman–Crippen MR) is 294 cm³/mol. The van der Waals surface area contributed by atoms with Crippen LogP contribution in [0.4, 0.5) is 0 Å². The molecule has 0 radical (unpaired) electrons. The lowest BCUT2D eigenvalue weighted by Gasteiger charge is -2.17. The van der Waals surface area contributed by atoms with Crippen molar-refractivity contribution >= 4 is 97.6 Å². The van der Waals surface area contributed by atoms with Gasteiger partial charge in [-0.05, 0) is 127 Å². The summed E-state index contributed by atoms with van der Waals surface area (Å²) in [7, 11) is 0. The molecule has 70 heavy (non-hydrogen) atoms. The molecule has 0 saturated carbocycles. The first-order valence-corrected chi connectivity index (χ1v) is 24.1. The molecule has 0 N–H and O–H groups in total. The van der Waals surface area contributed by atoms with Crippen LogP contribution in [0.5, 0.6) is 0 Å². The third-order valence-corrected chi connectivity index (χ3v) is 15.2. The first-order valence-electron chi connectivity index (χ1n) is 24.1. The van der Waals surface area contributed by atoms with Gasteiger partial charge >= 0.3 is 0 Å². The number of nitrogens with zero attached hydrogens (tertiary/aromatic N) is 4. The first kappa shape index (κ1) is 37.7. The molecule has 0 aliphatic heterocycles. The van der Waals surface area contributed by atoms with Crippen molar-refractivity contribution in [3.8, 4) is 56.3 Å². The van der Waals surface area contributed by atoms with Crippen LogP contribution in [0.3, 0.4) is 0 Å². The van der Waals surface area contributed by atoms with E-state index < -0.39 is 0 Å². The third kappa shape index (κ3) is 5.19. The summed E-state index contributed by atoms with van der Waals surface area (Å²) in [5, 5.41) is 15.6. The fourth-order valence-corrected chi connectivity index (χ4v) is 12.1. The Bertz CT molecular complexity index is 4750. The number of hydrogen-bond donors (Lipinski definition) is 0. The minimum Gasteiger partial charge on any atom is -0.309 e. The zero-order valence-corrected chi connectivity index (χ0v) is 37.7. The molecule has 0 bridgehead atoms. The number of aromatic nitrogens is 4. The van der Waals surface area contributed by atoms with Crippen LogP contribution >= 0.6 is 0 Å². The lowest BCUT2D eigenvalue weighted by Crippen LogP contribution is -1.99. The van der Waals surface area contributed by atoms with Gasteiger partial charge in [-0.1, -0.05) is 164 Å². The molecule has 1 aliphatic rings. The van der Waals surface area contributed by atoms with E-state index in [1.165, 1.54) is 98.2 Å². The molecule has 0 unspecified atom stereocenters. The van der Waals surface area contributed by atoms with E-state index in [9.17, 15) is 0 Å². The standard InChI is InChI=1S/C66H38N4/c1-2-15-40-37-62-56(35-39(40)14-1)48-20-8-11-26-59(48)69(62)43-29-28-41-38-63-57(36-42(41)34-43)49-21-9-12-27-60(49)70(63)61-33-32-53(46-18-5-6-19-47(46)61)65-55-22-7-10-25-58(55)67-66(68-65)54-31-30-52-45-17-4-3-16-44(45)50-23-13-24-51(54)64(50)52/h1-38H. The summed E-state index contributed by atoms with van der Waals surface area (Å²) in [6.07, 6.45) is 0. The molecule has 322 valence electrons. The van der Waals surface area contributed by atoms with Gasteiger partial charge in [0.25, 0.3) is 0 Å². The number of rotatable bonds is 4. The van der Waals surface area contributed by atoms with Gasteiger partial charge in [-0.25, -0.2) is 9.97 Å². The van der Waals surface area contributed by atoms with Crippen molar-refractivity contribution in [1.82, 2.24) is 19.1 Å². The van der Waals surface area contributed by atoms with E-state index >= 15 is 0 Å². The number of benzene rings is 12. The van der Waals surface area contributed by atoms with Gasteiger partial charge < -0.3 is 9.13 Å². The molecule has 4 nitrogen and oxygen atoms in total. The fraction of sp³-hybridized carbons (Fsp3) is 0. The van der Waals surface area contributed by atoms with E-state index in [1.54, 1.807) is 0 Å². The van der Waals surface area contributed by atoms with Crippen molar-refractivity contribution in [2.45, 2.75) is 0 Å². The van der Waals surface area contributed by atoms with Crippen LogP contribution in [0.15, 0.2) is 231 Å². The molecule has 0 spiro atoms. The Balaban J connectivity index is 0.881. The van der Waals surface area contributed by atoms with Crippen LogP contribution in [0.25, 0.3) is 154 Å². The van der Waals surface area contributed by atoms with Crippen molar-refractivity contribution in [2.75, 3.05) is 0 Å². The van der Waals surface area contributed by atoms with Gasteiger partial charge in [0.1, 0.15) is 0 Å². The van der Waals surface area contributed by atoms with Crippen LogP contribution in [0.2, 0.25) is 0 Å². The Hall–Kier alpha value is -9.38. The molecule has 3 heterocycles. The Morgan fingerprint density at radius 3 is 1.60 bits per heavy atom. The number of hydrogen-bond acceptors (Lipinski definition) is 2. The molecule has 1 aliphatic carbocycles. The summed E-state index contributed by atoms with van der Waals surface area (Å²) < 4.78 is 4.91. The van der Waals surface area contributed by atoms with Crippen LogP contribution in [0, 0.1) is 0 Å². The fourth-order valence-electron chi connectivity index (χ4n) is 12.1. The van der Waals surface area contributed by atoms with Gasteiger partial charge in [-0.2, -0.15) is 0 Å². The van der Waals surface area contributed by atoms with E-state index in [1.807, 2.05) is 0 Å². The lowest BCUT2D eigenvalue weighted by molar-refractivity contribution is 1.19. The van der Waals surface area contributed by atoms with Crippen molar-refractivity contribution in [3.05, 3.63) is 231 Å². The van der Waals surface area contributed by atoms with Gasteiger partial charge in [-0.3, -0.25) is 0 Å². The zero-order chi connectivity index (χ0) is 45.6. The molecule has 16 rings (SSSR count). The van der Waals surface area contributed by atoms with Gasteiger partial charge in [0.05, 0.1) is 39.0 Å². The minimum absolute atomic E-state index is 0.727. The second kappa shape index (κ2) is 14.1. The van der Waals surface area contributed by atoms with Gasteiger partial charge in [-0.15, -0.1) is 0 Å². The molecule has 12 aromatic carbocycles. The smallest absolute Gasteiger partial charge is 0.161 e. The van der Waals surface area contributed by atoms with E-state index in [4.69, 9.17) is 9.97 Å². The maximum Gasteiger partial charge on any atom is 0.161 e. The van der Waals surface area contributed by atoms with Crippen molar-refractivity contribution in [1.29, 1.82) is 0 Å². The van der Waals surface area contributed by atoms with Crippen LogP contribution in [0.1, 0.15) is 0 Å². The molecule has 0 fully saturated rings. The van der Waals surface area contributed by atoms with Crippen LogP contribution in [-0.4, -0.2) is 19.1 Å². The van der Waals surface area contributed by atoms with Crippen molar-refractivity contribution < 1.29 is 0 Å². The summed E-state index contributed by atoms with van der Waals surface area (Å²) in [6.45, 7) is 0. The SMILES string of the molecule is c1ccc2c(c1)-c1cccc3c(-c4nc(-c5ccc(-n6c7ccccc7c7cc8cc(-n9c%10ccccc%10c%10cc%11ccccc%11cc%109)ccc8cc76)c6ccccc56)c5ccccc5n4)ccc-2c13. The average Bonchev–Trinajstić information content (AvgIpc) is 4.04. The third-order valence-electron chi connectivity index (χ3n) is 15.2. The Kier molecular flexibility index (Phi) is 7.58. The predicted octanol–water partition coefficient (Wildman–Crippen LogP) is 17.4. The van der Waals surface area contributed by atoms with E-state index in [0.717, 1.165) is 55.7 Å². The van der Waals surface area contributed by atoms with Gasteiger partial charge in [0.2, 0.25) is 0 Å². The molecule has 0 saturated heterocycles. The monoisotopic (exact) mass is 886 g/mol. The summed E-state index contributed by atoms with van der Waals surface area (Å²) in [4.78, 5) is 10.8. The molecule has 4 heteroatoms. The van der Waals surface area contributed by atoms with E-state index in [2.05, 4.69) is 240 Å². The Morgan fingerprint density at radius 1 is 0.271 bits per heavy atom. The molecular weight excluding hydrogens is 849 g/mol. The highest BCUT2D eigenvalue weighted by atomic mass is 15.0. The summed E-state index contributed by atoms with van der Waals surface area (Å²) >= 11 is 0. The molecule has 15 aromatic rings. The second-order valence-electron chi connectivity index (χ2n) is 18.8. The molecule has 0 amide bonds. The maximum absolute atomic E-state index is 5.55. The maximum atomic E-state index is 5.55. The number of fused-ring (bicyclic) bond motifs is 13. The summed E-state index contributed by atoms with van der Waals surface area (Å²) in [5.41, 5.74) is 16.1. The van der Waals surface area contributed by atoms with Crippen LogP contribution in [-0.2, 0) is 0 Å². The average molecular weight is 887 g/mol. The summed E-state index contributed by atoms with van der Waals surface area (Å²) in [5.74, 6) is 0.727. The van der Waals surface area contributed by atoms with E-state index in [-0.39, 0.29) is 0 Å². The van der Waals surface area contributed by atoms with Gasteiger partial charge in [0.15, 0.2) is 5.82 Å².